The summed E-state index contributed by atoms with van der Waals surface area (Å²) in [6.07, 6.45) is 2.69. The molecular weight excluding hydrogens is 328 g/mol. The second-order valence-corrected chi connectivity index (χ2v) is 6.41. The third-order valence-electron chi connectivity index (χ3n) is 3.96. The van der Waals surface area contributed by atoms with Gasteiger partial charge in [-0.15, -0.1) is 0 Å². The van der Waals surface area contributed by atoms with Crippen LogP contribution in [0.2, 0.25) is 0 Å². The molecule has 0 aliphatic rings. The zero-order valence-corrected chi connectivity index (χ0v) is 15.1. The molecule has 1 aromatic heterocycles. The van der Waals surface area contributed by atoms with Crippen LogP contribution in [-0.4, -0.2) is 28.0 Å². The van der Waals surface area contributed by atoms with Crippen molar-refractivity contribution in [1.29, 1.82) is 0 Å². The van der Waals surface area contributed by atoms with Crippen LogP contribution in [0.4, 0.5) is 5.95 Å². The fourth-order valence-electron chi connectivity index (χ4n) is 2.76. The highest BCUT2D eigenvalue weighted by Crippen LogP contribution is 2.37. The number of nitrogen functional groups attached to an aromatic ring is 1. The summed E-state index contributed by atoms with van der Waals surface area (Å²) in [5, 5.41) is 4.92. The van der Waals surface area contributed by atoms with Gasteiger partial charge in [0.15, 0.2) is 6.10 Å². The van der Waals surface area contributed by atoms with Crippen molar-refractivity contribution in [2.75, 3.05) is 5.73 Å². The maximum Gasteiger partial charge on any atom is 0.260 e. The van der Waals surface area contributed by atoms with Crippen molar-refractivity contribution >= 4 is 22.6 Å². The molecule has 1 unspecified atom stereocenters. The van der Waals surface area contributed by atoms with Crippen LogP contribution in [0.3, 0.4) is 0 Å². The lowest BCUT2D eigenvalue weighted by Gasteiger charge is -2.19. The number of fused-ring (bicyclic) bond motifs is 1. The third kappa shape index (κ3) is 3.74. The lowest BCUT2D eigenvalue weighted by Crippen LogP contribution is -2.40. The van der Waals surface area contributed by atoms with Gasteiger partial charge in [0, 0.05) is 29.6 Å². The largest absolute Gasteiger partial charge is 0.480 e. The van der Waals surface area contributed by atoms with E-state index in [1.165, 1.54) is 0 Å². The number of nitrogens with two attached hydrogens (primary N) is 1. The van der Waals surface area contributed by atoms with Crippen molar-refractivity contribution in [2.24, 2.45) is 0 Å². The first kappa shape index (κ1) is 17.7. The molecule has 0 aliphatic heterocycles. The highest BCUT2D eigenvalue weighted by molar-refractivity contribution is 5.99. The predicted octanol–water partition coefficient (Wildman–Crippen LogP) is 3.17. The van der Waals surface area contributed by atoms with E-state index in [9.17, 15) is 4.79 Å². The van der Waals surface area contributed by atoms with E-state index in [0.717, 1.165) is 21.9 Å². The Morgan fingerprint density at radius 1 is 1.08 bits per heavy atom. The van der Waals surface area contributed by atoms with Gasteiger partial charge in [-0.3, -0.25) is 4.79 Å². The number of hydrogen-bond donors (Lipinski definition) is 2. The van der Waals surface area contributed by atoms with Crippen LogP contribution in [0.1, 0.15) is 20.8 Å². The van der Waals surface area contributed by atoms with Gasteiger partial charge in [-0.25, -0.2) is 9.97 Å². The average molecular weight is 350 g/mol. The number of ether oxygens (including phenoxy) is 1. The zero-order valence-electron chi connectivity index (χ0n) is 15.1. The third-order valence-corrected chi connectivity index (χ3v) is 3.96. The fraction of sp³-hybridized carbons (Fsp3) is 0.250. The average Bonchev–Trinajstić information content (AvgIpc) is 2.62. The number of anilines is 1. The molecule has 0 fully saturated rings. The van der Waals surface area contributed by atoms with E-state index in [-0.39, 0.29) is 17.9 Å². The first-order chi connectivity index (χ1) is 12.5. The van der Waals surface area contributed by atoms with Crippen molar-refractivity contribution in [3.8, 4) is 16.9 Å². The zero-order chi connectivity index (χ0) is 18.7. The van der Waals surface area contributed by atoms with Gasteiger partial charge in [-0.1, -0.05) is 30.3 Å². The molecule has 26 heavy (non-hydrogen) atoms. The van der Waals surface area contributed by atoms with Crippen LogP contribution >= 0.6 is 0 Å². The van der Waals surface area contributed by atoms with Crippen molar-refractivity contribution < 1.29 is 9.53 Å². The van der Waals surface area contributed by atoms with E-state index in [1.807, 2.05) is 50.2 Å². The summed E-state index contributed by atoms with van der Waals surface area (Å²) < 4.78 is 6.00. The molecule has 0 radical (unpaired) electrons. The van der Waals surface area contributed by atoms with Crippen LogP contribution in [0, 0.1) is 0 Å². The summed E-state index contributed by atoms with van der Waals surface area (Å²) in [6, 6.07) is 11.9. The van der Waals surface area contributed by atoms with E-state index in [1.54, 1.807) is 19.3 Å². The molecule has 6 nitrogen and oxygen atoms in total. The van der Waals surface area contributed by atoms with E-state index in [4.69, 9.17) is 10.5 Å². The summed E-state index contributed by atoms with van der Waals surface area (Å²) in [5.74, 6) is 0.650. The maximum atomic E-state index is 12.2. The molecule has 6 heteroatoms. The summed E-state index contributed by atoms with van der Waals surface area (Å²) >= 11 is 0. The molecule has 3 rings (SSSR count). The van der Waals surface area contributed by atoms with Gasteiger partial charge in [-0.2, -0.15) is 0 Å². The molecule has 0 saturated heterocycles. The normalized spacial score (nSPS) is 12.2. The molecular formula is C20H22N4O2. The first-order valence-corrected chi connectivity index (χ1v) is 8.52. The summed E-state index contributed by atoms with van der Waals surface area (Å²) in [5.41, 5.74) is 7.24. The first-order valence-electron chi connectivity index (χ1n) is 8.52. The summed E-state index contributed by atoms with van der Waals surface area (Å²) in [4.78, 5) is 20.4. The molecule has 0 aliphatic carbocycles. The Bertz CT molecular complexity index is 923. The highest BCUT2D eigenvalue weighted by Gasteiger charge is 2.19. The van der Waals surface area contributed by atoms with Crippen LogP contribution in [0.25, 0.3) is 21.9 Å². The van der Waals surface area contributed by atoms with Crippen molar-refractivity contribution in [1.82, 2.24) is 15.3 Å². The second-order valence-electron chi connectivity index (χ2n) is 6.41. The molecule has 3 aromatic rings. The van der Waals surface area contributed by atoms with E-state index in [2.05, 4.69) is 15.3 Å². The van der Waals surface area contributed by atoms with E-state index >= 15 is 0 Å². The minimum absolute atomic E-state index is 0.0510. The smallest absolute Gasteiger partial charge is 0.260 e. The number of rotatable bonds is 5. The number of nitrogens with zero attached hydrogens (tertiary/aromatic N) is 2. The van der Waals surface area contributed by atoms with Gasteiger partial charge in [-0.05, 0) is 37.6 Å². The molecule has 0 saturated carbocycles. The van der Waals surface area contributed by atoms with Gasteiger partial charge >= 0.3 is 0 Å². The molecule has 0 bridgehead atoms. The Kier molecular flexibility index (Phi) is 5.02. The van der Waals surface area contributed by atoms with Crippen molar-refractivity contribution in [2.45, 2.75) is 32.9 Å². The molecule has 134 valence electrons. The number of aromatic nitrogens is 2. The van der Waals surface area contributed by atoms with Crippen molar-refractivity contribution in [3.63, 3.8) is 0 Å². The van der Waals surface area contributed by atoms with E-state index in [0.29, 0.717) is 5.75 Å². The van der Waals surface area contributed by atoms with Crippen LogP contribution in [0.15, 0.2) is 48.8 Å². The van der Waals surface area contributed by atoms with Gasteiger partial charge < -0.3 is 15.8 Å². The van der Waals surface area contributed by atoms with Crippen LogP contribution in [0.5, 0.6) is 5.75 Å². The Balaban J connectivity index is 2.06. The highest BCUT2D eigenvalue weighted by atomic mass is 16.5. The molecule has 1 heterocycles. The number of carbonyl (C=O) groups is 1. The number of nitrogens with one attached hydrogen (secondary N) is 1. The monoisotopic (exact) mass is 350 g/mol. The van der Waals surface area contributed by atoms with Crippen molar-refractivity contribution in [3.05, 3.63) is 48.8 Å². The number of carbonyl (C=O) groups excluding carboxylic acids is 1. The Morgan fingerprint density at radius 3 is 2.46 bits per heavy atom. The molecule has 1 amide bonds. The number of amides is 1. The Labute approximate surface area is 152 Å². The lowest BCUT2D eigenvalue weighted by atomic mass is 9.99. The van der Waals surface area contributed by atoms with Gasteiger partial charge in [0.2, 0.25) is 5.95 Å². The van der Waals surface area contributed by atoms with E-state index < -0.39 is 6.10 Å². The van der Waals surface area contributed by atoms with Crippen LogP contribution < -0.4 is 15.8 Å². The van der Waals surface area contributed by atoms with Gasteiger partial charge in [0.05, 0.1) is 0 Å². The van der Waals surface area contributed by atoms with Crippen LogP contribution in [-0.2, 0) is 4.79 Å². The minimum atomic E-state index is -0.632. The van der Waals surface area contributed by atoms with Gasteiger partial charge in [0.1, 0.15) is 5.75 Å². The molecule has 3 N–H and O–H groups in total. The summed E-state index contributed by atoms with van der Waals surface area (Å²) in [7, 11) is 0. The maximum absolute atomic E-state index is 12.2. The fourth-order valence-corrected chi connectivity index (χ4v) is 2.76. The quantitative estimate of drug-likeness (QED) is 0.737. The standard InChI is InChI=1S/C20H22N4O2/c1-12(2)24-19(25)13(3)26-17-9-8-14-6-4-5-7-16(14)18(17)15-10-22-20(21)23-11-15/h4-13H,1-3H3,(H,24,25)(H2,21,22,23). The number of benzene rings is 2. The number of hydrogen-bond acceptors (Lipinski definition) is 5. The second kappa shape index (κ2) is 7.39. The molecule has 2 aromatic carbocycles. The minimum Gasteiger partial charge on any atom is -0.480 e. The lowest BCUT2D eigenvalue weighted by molar-refractivity contribution is -0.127. The Hall–Kier alpha value is -3.15. The summed E-state index contributed by atoms with van der Waals surface area (Å²) in [6.45, 7) is 5.56. The van der Waals surface area contributed by atoms with Gasteiger partial charge in [0.25, 0.3) is 5.91 Å². The predicted molar refractivity (Wildman–Crippen MR) is 103 cm³/mol. The molecule has 1 atom stereocenters. The SMILES string of the molecule is CC(C)NC(=O)C(C)Oc1ccc2ccccc2c1-c1cnc(N)nc1. The molecule has 0 spiro atoms. The Morgan fingerprint density at radius 2 is 1.77 bits per heavy atom. The topological polar surface area (TPSA) is 90.1 Å².